The van der Waals surface area contributed by atoms with Crippen LogP contribution in [0.5, 0.6) is 17.2 Å². The van der Waals surface area contributed by atoms with E-state index in [1.165, 1.54) is 0 Å². The Labute approximate surface area is 167 Å². The van der Waals surface area contributed by atoms with Gasteiger partial charge in [-0.3, -0.25) is 4.79 Å². The topological polar surface area (TPSA) is 66.0 Å². The summed E-state index contributed by atoms with van der Waals surface area (Å²) in [7, 11) is 1.61. The van der Waals surface area contributed by atoms with Gasteiger partial charge in [-0.2, -0.15) is 0 Å². The Morgan fingerprint density at radius 2 is 2.14 bits per heavy atom. The van der Waals surface area contributed by atoms with Gasteiger partial charge in [0.1, 0.15) is 0 Å². The van der Waals surface area contributed by atoms with Crippen LogP contribution in [0.4, 0.5) is 0 Å². The quantitative estimate of drug-likeness (QED) is 0.567. The van der Waals surface area contributed by atoms with Crippen LogP contribution in [-0.2, 0) is 9.53 Å². The second kappa shape index (κ2) is 8.43. The molecule has 1 aromatic rings. The van der Waals surface area contributed by atoms with Gasteiger partial charge in [-0.15, -0.1) is 0 Å². The number of hydrogen-bond acceptors (Lipinski definition) is 6. The highest BCUT2D eigenvalue weighted by atomic mass is 16.7. The summed E-state index contributed by atoms with van der Waals surface area (Å²) in [5.74, 6) is 1.47. The zero-order valence-corrected chi connectivity index (χ0v) is 17.4. The number of fused-ring (bicyclic) bond motifs is 1. The Morgan fingerprint density at radius 3 is 2.82 bits per heavy atom. The number of hydrogen-bond donors (Lipinski definition) is 1. The van der Waals surface area contributed by atoms with Gasteiger partial charge in [0.05, 0.1) is 19.6 Å². The van der Waals surface area contributed by atoms with Gasteiger partial charge >= 0.3 is 5.97 Å². The van der Waals surface area contributed by atoms with E-state index in [2.05, 4.69) is 31.3 Å². The van der Waals surface area contributed by atoms with Gasteiger partial charge in [0.2, 0.25) is 12.5 Å². The van der Waals surface area contributed by atoms with Gasteiger partial charge in [-0.05, 0) is 43.4 Å². The summed E-state index contributed by atoms with van der Waals surface area (Å²) in [5, 5.41) is 3.57. The van der Waals surface area contributed by atoms with Crippen molar-refractivity contribution >= 4 is 5.97 Å². The maximum absolute atomic E-state index is 12.9. The predicted octanol–water partition coefficient (Wildman–Crippen LogP) is 3.65. The second-order valence-electron chi connectivity index (χ2n) is 8.05. The highest BCUT2D eigenvalue weighted by Gasteiger charge is 2.44. The van der Waals surface area contributed by atoms with Crippen molar-refractivity contribution in [1.82, 2.24) is 5.32 Å². The lowest BCUT2D eigenvalue weighted by Crippen LogP contribution is -2.37. The van der Waals surface area contributed by atoms with Crippen molar-refractivity contribution in [3.05, 3.63) is 29.8 Å². The van der Waals surface area contributed by atoms with Crippen LogP contribution in [0.2, 0.25) is 0 Å². The van der Waals surface area contributed by atoms with E-state index in [9.17, 15) is 4.79 Å². The van der Waals surface area contributed by atoms with Crippen molar-refractivity contribution in [2.75, 3.05) is 27.1 Å². The molecule has 1 fully saturated rings. The molecular formula is C22H31NO5. The number of allylic oxidation sites excluding steroid dienone is 2. The van der Waals surface area contributed by atoms with Crippen LogP contribution in [-0.4, -0.2) is 39.1 Å². The molecule has 0 radical (unpaired) electrons. The smallest absolute Gasteiger partial charge is 0.311 e. The third-order valence-electron chi connectivity index (χ3n) is 5.50. The average molecular weight is 389 g/mol. The fourth-order valence-corrected chi connectivity index (χ4v) is 4.35. The van der Waals surface area contributed by atoms with E-state index in [1.807, 2.05) is 26.0 Å². The molecule has 1 saturated heterocycles. The van der Waals surface area contributed by atoms with Gasteiger partial charge in [0.25, 0.3) is 0 Å². The molecule has 0 aromatic heterocycles. The first-order chi connectivity index (χ1) is 13.4. The van der Waals surface area contributed by atoms with Crippen LogP contribution in [0.1, 0.15) is 45.6 Å². The highest BCUT2D eigenvalue weighted by Crippen LogP contribution is 2.46. The number of rotatable bonds is 7. The summed E-state index contributed by atoms with van der Waals surface area (Å²) in [5.41, 5.74) is 0.983. The third kappa shape index (κ3) is 4.12. The zero-order valence-electron chi connectivity index (χ0n) is 17.4. The molecule has 1 N–H and O–H groups in total. The molecule has 0 unspecified atom stereocenters. The monoisotopic (exact) mass is 389 g/mol. The summed E-state index contributed by atoms with van der Waals surface area (Å²) >= 11 is 0. The summed E-state index contributed by atoms with van der Waals surface area (Å²) in [6, 6.07) is 3.95. The van der Waals surface area contributed by atoms with Crippen LogP contribution >= 0.6 is 0 Å². The molecule has 6 heteroatoms. The van der Waals surface area contributed by atoms with Crippen LogP contribution in [0.3, 0.4) is 0 Å². The van der Waals surface area contributed by atoms with Crippen molar-refractivity contribution in [3.63, 3.8) is 0 Å². The Balaban J connectivity index is 1.93. The van der Waals surface area contributed by atoms with E-state index in [0.29, 0.717) is 30.4 Å². The Morgan fingerprint density at radius 1 is 1.36 bits per heavy atom. The molecule has 0 aliphatic carbocycles. The maximum atomic E-state index is 12.9. The first-order valence-electron chi connectivity index (χ1n) is 9.91. The Hall–Kier alpha value is -2.21. The average Bonchev–Trinajstić information content (AvgIpc) is 3.27. The van der Waals surface area contributed by atoms with E-state index in [0.717, 1.165) is 12.0 Å². The van der Waals surface area contributed by atoms with Gasteiger partial charge in [0, 0.05) is 18.5 Å². The normalized spacial score (nSPS) is 24.0. The molecule has 154 valence electrons. The fourth-order valence-electron chi connectivity index (χ4n) is 4.35. The third-order valence-corrected chi connectivity index (χ3v) is 5.50. The van der Waals surface area contributed by atoms with Gasteiger partial charge in [-0.25, -0.2) is 0 Å². The van der Waals surface area contributed by atoms with E-state index in [-0.39, 0.29) is 36.1 Å². The molecule has 3 rings (SSSR count). The van der Waals surface area contributed by atoms with Crippen molar-refractivity contribution in [3.8, 4) is 17.2 Å². The summed E-state index contributed by atoms with van der Waals surface area (Å²) < 4.78 is 22.0. The molecule has 3 atom stereocenters. The molecule has 0 amide bonds. The van der Waals surface area contributed by atoms with Crippen LogP contribution in [0, 0.1) is 11.3 Å². The molecule has 2 aliphatic rings. The van der Waals surface area contributed by atoms with Gasteiger partial charge in [-0.1, -0.05) is 26.0 Å². The number of carbonyl (C=O) groups excluding carboxylic acids is 1. The van der Waals surface area contributed by atoms with Crippen molar-refractivity contribution < 1.29 is 23.7 Å². The number of nitrogens with one attached hydrogen (secondary N) is 1. The summed E-state index contributed by atoms with van der Waals surface area (Å²) in [4.78, 5) is 12.9. The van der Waals surface area contributed by atoms with Crippen LogP contribution in [0.25, 0.3) is 0 Å². The number of benzene rings is 1. The SMILES string of the molecule is C/C=C/C(C)(C)C[C@@H]1NC[C@H](c2cc(OC)c3c(c2)OCO3)[C@H]1C(=O)OCC. The molecule has 0 spiro atoms. The lowest BCUT2D eigenvalue weighted by Gasteiger charge is -2.29. The van der Waals surface area contributed by atoms with E-state index >= 15 is 0 Å². The van der Waals surface area contributed by atoms with Crippen LogP contribution in [0.15, 0.2) is 24.3 Å². The lowest BCUT2D eigenvalue weighted by molar-refractivity contribution is -0.149. The number of esters is 1. The Bertz CT molecular complexity index is 743. The molecule has 2 aliphatic heterocycles. The minimum atomic E-state index is -0.269. The molecule has 6 nitrogen and oxygen atoms in total. The maximum Gasteiger partial charge on any atom is 0.311 e. The molecule has 28 heavy (non-hydrogen) atoms. The fraction of sp³-hybridized carbons (Fsp3) is 0.591. The lowest BCUT2D eigenvalue weighted by atomic mass is 9.77. The highest BCUT2D eigenvalue weighted by molar-refractivity contribution is 5.75. The Kier molecular flexibility index (Phi) is 6.18. The van der Waals surface area contributed by atoms with Crippen molar-refractivity contribution in [1.29, 1.82) is 0 Å². The van der Waals surface area contributed by atoms with Gasteiger partial charge < -0.3 is 24.3 Å². The molecular weight excluding hydrogens is 358 g/mol. The van der Waals surface area contributed by atoms with Crippen molar-refractivity contribution in [2.24, 2.45) is 11.3 Å². The molecule has 0 bridgehead atoms. The number of methoxy groups -OCH3 is 1. The predicted molar refractivity (Wildman–Crippen MR) is 107 cm³/mol. The molecule has 2 heterocycles. The zero-order chi connectivity index (χ0) is 20.3. The first kappa shape index (κ1) is 20.5. The standard InChI is InChI=1S/C22H31NO5/c1-6-8-22(3,4)11-16-19(21(24)26-7-2)15(12-23-16)14-9-17(25-5)20-18(10-14)27-13-28-20/h6,8-10,15-16,19,23H,7,11-13H2,1-5H3/b8-6+/t15-,16+,19-/m1/s1. The second-order valence-corrected chi connectivity index (χ2v) is 8.05. The van der Waals surface area contributed by atoms with E-state index in [1.54, 1.807) is 7.11 Å². The van der Waals surface area contributed by atoms with Crippen molar-refractivity contribution in [2.45, 2.75) is 46.1 Å². The largest absolute Gasteiger partial charge is 0.493 e. The minimum Gasteiger partial charge on any atom is -0.493 e. The first-order valence-corrected chi connectivity index (χ1v) is 9.91. The minimum absolute atomic E-state index is 0.0153. The molecule has 0 saturated carbocycles. The number of carbonyl (C=O) groups is 1. The number of ether oxygens (including phenoxy) is 4. The summed E-state index contributed by atoms with van der Waals surface area (Å²) in [6.45, 7) is 9.49. The van der Waals surface area contributed by atoms with E-state index in [4.69, 9.17) is 18.9 Å². The van der Waals surface area contributed by atoms with Gasteiger partial charge in [0.15, 0.2) is 11.5 Å². The molecule has 1 aromatic carbocycles. The van der Waals surface area contributed by atoms with E-state index < -0.39 is 0 Å². The summed E-state index contributed by atoms with van der Waals surface area (Å²) in [6.07, 6.45) is 5.10. The van der Waals surface area contributed by atoms with Crippen LogP contribution < -0.4 is 19.5 Å².